The van der Waals surface area contributed by atoms with Crippen molar-refractivity contribution in [3.05, 3.63) is 41.1 Å². The van der Waals surface area contributed by atoms with Crippen molar-refractivity contribution in [2.24, 2.45) is 10.3 Å². The van der Waals surface area contributed by atoms with Crippen LogP contribution in [-0.4, -0.2) is 46.0 Å². The average molecular weight is 349 g/mol. The number of hydrogen-bond acceptors (Lipinski definition) is 5. The first kappa shape index (κ1) is 16.9. The Balaban J connectivity index is 1.94. The molecule has 1 aliphatic carbocycles. The van der Waals surface area contributed by atoms with Gasteiger partial charge in [0, 0.05) is 25.7 Å². The van der Waals surface area contributed by atoms with Crippen LogP contribution in [0.15, 0.2) is 28.5 Å². The monoisotopic (exact) mass is 349 g/mol. The molecule has 2 aromatic rings. The summed E-state index contributed by atoms with van der Waals surface area (Å²) in [7, 11) is 3.30. The first-order valence-corrected chi connectivity index (χ1v) is 7.72. The van der Waals surface area contributed by atoms with E-state index in [2.05, 4.69) is 26.0 Å². The van der Waals surface area contributed by atoms with Crippen molar-refractivity contribution in [2.75, 3.05) is 14.1 Å². The van der Waals surface area contributed by atoms with Gasteiger partial charge in [-0.3, -0.25) is 9.80 Å². The lowest BCUT2D eigenvalue weighted by Gasteiger charge is -2.07. The molecule has 1 fully saturated rings. The number of benzene rings is 1. The van der Waals surface area contributed by atoms with Crippen LogP contribution in [0.3, 0.4) is 0 Å². The quantitative estimate of drug-likeness (QED) is 0.639. The molecular formula is C15H17F2N7O. The Kier molecular flexibility index (Phi) is 4.68. The first-order valence-electron chi connectivity index (χ1n) is 7.72. The minimum atomic E-state index is -0.713. The molecule has 1 saturated carbocycles. The van der Waals surface area contributed by atoms with E-state index in [-0.39, 0.29) is 29.7 Å². The van der Waals surface area contributed by atoms with Crippen LogP contribution in [0, 0.1) is 11.6 Å². The van der Waals surface area contributed by atoms with E-state index in [1.54, 1.807) is 14.1 Å². The maximum absolute atomic E-state index is 13.9. The molecule has 3 rings (SSSR count). The molecule has 0 atom stereocenters. The van der Waals surface area contributed by atoms with E-state index in [0.717, 1.165) is 29.7 Å². The zero-order valence-electron chi connectivity index (χ0n) is 13.8. The third-order valence-corrected chi connectivity index (χ3v) is 3.52. The van der Waals surface area contributed by atoms with E-state index in [4.69, 9.17) is 0 Å². The summed E-state index contributed by atoms with van der Waals surface area (Å²) in [6.07, 6.45) is 1.82. The molecule has 0 bridgehead atoms. The fourth-order valence-corrected chi connectivity index (χ4v) is 2.11. The van der Waals surface area contributed by atoms with Gasteiger partial charge in [0.25, 0.3) is 5.91 Å². The van der Waals surface area contributed by atoms with Crippen LogP contribution >= 0.6 is 0 Å². The van der Waals surface area contributed by atoms with E-state index in [9.17, 15) is 13.6 Å². The van der Waals surface area contributed by atoms with Gasteiger partial charge in [-0.05, 0) is 25.0 Å². The van der Waals surface area contributed by atoms with Crippen LogP contribution in [0.1, 0.15) is 28.9 Å². The molecule has 8 nitrogen and oxygen atoms in total. The smallest absolute Gasteiger partial charge is 0.276 e. The summed E-state index contributed by atoms with van der Waals surface area (Å²) in [6, 6.07) is 3.70. The molecule has 132 valence electrons. The highest BCUT2D eigenvalue weighted by Gasteiger charge is 2.28. The van der Waals surface area contributed by atoms with Crippen molar-refractivity contribution < 1.29 is 13.6 Å². The van der Waals surface area contributed by atoms with Crippen LogP contribution < -0.4 is 5.32 Å². The molecule has 10 heteroatoms. The van der Waals surface area contributed by atoms with Crippen LogP contribution in [0.5, 0.6) is 0 Å². The Morgan fingerprint density at radius 2 is 2.04 bits per heavy atom. The van der Waals surface area contributed by atoms with Crippen LogP contribution in [0.2, 0.25) is 0 Å². The average Bonchev–Trinajstić information content (AvgIpc) is 3.27. The summed E-state index contributed by atoms with van der Waals surface area (Å²) < 4.78 is 28.9. The maximum atomic E-state index is 13.9. The second-order valence-electron chi connectivity index (χ2n) is 5.90. The zero-order chi connectivity index (χ0) is 18.0. The predicted octanol–water partition coefficient (Wildman–Crippen LogP) is 2.06. The molecule has 1 amide bonds. The minimum Gasteiger partial charge on any atom is -0.348 e. The molecule has 1 aliphatic rings. The maximum Gasteiger partial charge on any atom is 0.276 e. The minimum absolute atomic E-state index is 0.0331. The Bertz CT molecular complexity index is 794. The van der Waals surface area contributed by atoms with Crippen molar-refractivity contribution in [1.29, 1.82) is 0 Å². The van der Waals surface area contributed by atoms with Gasteiger partial charge in [-0.2, -0.15) is 0 Å². The highest BCUT2D eigenvalue weighted by Crippen LogP contribution is 2.24. The summed E-state index contributed by atoms with van der Waals surface area (Å²) in [5.41, 5.74) is -0.225. The molecule has 0 aliphatic heterocycles. The molecule has 0 unspecified atom stereocenters. The number of nitrogens with zero attached hydrogens (tertiary/aromatic N) is 6. The Hall–Kier alpha value is -2.91. The first-order chi connectivity index (χ1) is 12.0. The van der Waals surface area contributed by atoms with Crippen LogP contribution in [0.4, 0.5) is 14.6 Å². The van der Waals surface area contributed by atoms with Crippen molar-refractivity contribution in [2.45, 2.75) is 25.4 Å². The Morgan fingerprint density at radius 1 is 1.36 bits per heavy atom. The van der Waals surface area contributed by atoms with Crippen molar-refractivity contribution >= 4 is 11.7 Å². The Morgan fingerprint density at radius 3 is 2.64 bits per heavy atom. The highest BCUT2D eigenvalue weighted by atomic mass is 19.1. The van der Waals surface area contributed by atoms with Gasteiger partial charge in [-0.25, -0.2) is 13.5 Å². The summed E-state index contributed by atoms with van der Waals surface area (Å²) in [6.45, 7) is -0.260. The van der Waals surface area contributed by atoms with Gasteiger partial charge in [0.15, 0.2) is 5.69 Å². The number of carbonyl (C=O) groups is 1. The fourth-order valence-electron chi connectivity index (χ4n) is 2.11. The van der Waals surface area contributed by atoms with E-state index in [1.165, 1.54) is 11.1 Å². The normalized spacial score (nSPS) is 14.1. The third-order valence-electron chi connectivity index (χ3n) is 3.52. The zero-order valence-corrected chi connectivity index (χ0v) is 13.8. The lowest BCUT2D eigenvalue weighted by atomic mass is 10.2. The summed E-state index contributed by atoms with van der Waals surface area (Å²) in [5, 5.41) is 19.6. The third kappa shape index (κ3) is 3.95. The molecule has 1 N–H and O–H groups in total. The van der Waals surface area contributed by atoms with Gasteiger partial charge in [0.05, 0.1) is 6.54 Å². The predicted molar refractivity (Wildman–Crippen MR) is 84.2 cm³/mol. The summed E-state index contributed by atoms with van der Waals surface area (Å²) >= 11 is 0. The van der Waals surface area contributed by atoms with E-state index in [1.807, 2.05) is 0 Å². The lowest BCUT2D eigenvalue weighted by molar-refractivity contribution is 0.0946. The lowest BCUT2D eigenvalue weighted by Crippen LogP contribution is -2.25. The number of hydrogen-bond donors (Lipinski definition) is 1. The molecule has 0 saturated heterocycles. The van der Waals surface area contributed by atoms with Crippen LogP contribution in [-0.2, 0) is 6.54 Å². The second-order valence-corrected chi connectivity index (χ2v) is 5.90. The topological polar surface area (TPSA) is 87.8 Å². The van der Waals surface area contributed by atoms with Gasteiger partial charge in [0.2, 0.25) is 5.82 Å². The molecule has 25 heavy (non-hydrogen) atoms. The number of aromatic nitrogens is 3. The van der Waals surface area contributed by atoms with Gasteiger partial charge >= 0.3 is 0 Å². The number of amides is 1. The van der Waals surface area contributed by atoms with Gasteiger partial charge in [-0.15, -0.1) is 10.2 Å². The highest BCUT2D eigenvalue weighted by molar-refractivity contribution is 5.96. The van der Waals surface area contributed by atoms with E-state index < -0.39 is 17.5 Å². The largest absolute Gasteiger partial charge is 0.348 e. The number of carbonyl (C=O) groups excluding carboxylic acids is 1. The number of nitrogens with one attached hydrogen (secondary N) is 1. The second kappa shape index (κ2) is 6.91. The van der Waals surface area contributed by atoms with Crippen molar-refractivity contribution in [1.82, 2.24) is 25.3 Å². The summed E-state index contributed by atoms with van der Waals surface area (Å²) in [4.78, 5) is 12.3. The fraction of sp³-hybridized carbons (Fsp3) is 0.400. The van der Waals surface area contributed by atoms with Crippen molar-refractivity contribution in [3.63, 3.8) is 0 Å². The number of halogens is 2. The molecular weight excluding hydrogens is 332 g/mol. The van der Waals surface area contributed by atoms with Crippen LogP contribution in [0.25, 0.3) is 0 Å². The van der Waals surface area contributed by atoms with Crippen molar-refractivity contribution in [3.8, 4) is 0 Å². The SMILES string of the molecule is CN(C)N=Nc1c(C(=O)NC2CC2)nnn1Cc1c(F)cccc1F. The molecule has 1 aromatic heterocycles. The standard InChI is InChI=1S/C15H17F2N7O/c1-23(2)21-20-14-13(15(25)18-9-6-7-9)19-22-24(14)8-10-11(16)4-3-5-12(10)17/h3-5,9H,6-8H2,1-2H3,(H,18,25). The van der Waals surface area contributed by atoms with Gasteiger partial charge in [0.1, 0.15) is 11.6 Å². The van der Waals surface area contributed by atoms with Gasteiger partial charge < -0.3 is 5.32 Å². The molecule has 0 spiro atoms. The Labute approximate surface area is 142 Å². The van der Waals surface area contributed by atoms with E-state index in [0.29, 0.717) is 0 Å². The molecule has 1 heterocycles. The summed E-state index contributed by atoms with van der Waals surface area (Å²) in [5.74, 6) is -1.82. The van der Waals surface area contributed by atoms with Gasteiger partial charge in [-0.1, -0.05) is 16.5 Å². The van der Waals surface area contributed by atoms with E-state index >= 15 is 0 Å². The molecule has 1 aromatic carbocycles. The number of rotatable bonds is 6. The molecule has 0 radical (unpaired) electrons.